The Morgan fingerprint density at radius 3 is 2.64 bits per heavy atom. The summed E-state index contributed by atoms with van der Waals surface area (Å²) in [6.45, 7) is 0.393. The molecule has 108 valence electrons. The van der Waals surface area contributed by atoms with Gasteiger partial charge in [-0.3, -0.25) is 0 Å². The van der Waals surface area contributed by atoms with Gasteiger partial charge in [0.25, 0.3) is 0 Å². The molecule has 1 aromatic heterocycles. The molecule has 0 atom stereocenters. The minimum atomic E-state index is 0.393. The summed E-state index contributed by atoms with van der Waals surface area (Å²) in [5.41, 5.74) is 3.49. The Balaban J connectivity index is 1.84. The summed E-state index contributed by atoms with van der Waals surface area (Å²) in [7, 11) is 0. The molecule has 0 unspecified atom stereocenters. The molecule has 0 bridgehead atoms. The van der Waals surface area contributed by atoms with Crippen molar-refractivity contribution < 1.29 is 4.74 Å². The third kappa shape index (κ3) is 3.14. The van der Waals surface area contributed by atoms with E-state index in [0.717, 1.165) is 16.7 Å². The largest absolute Gasteiger partial charge is 0.478 e. The zero-order chi connectivity index (χ0) is 15.4. The predicted octanol–water partition coefficient (Wildman–Crippen LogP) is 5.52. The van der Waals surface area contributed by atoms with Gasteiger partial charge in [-0.05, 0) is 23.3 Å². The lowest BCUT2D eigenvalue weighted by Gasteiger charge is -2.05. The van der Waals surface area contributed by atoms with E-state index < -0.39 is 0 Å². The standard InChI is InChI=1S/C18H12ClNOS/c19-15-8-4-5-13(9-15)11-21-18-16(10-20)17(12-22-18)14-6-2-1-3-7-14/h1-9,12H,11H2. The second kappa shape index (κ2) is 6.65. The summed E-state index contributed by atoms with van der Waals surface area (Å²) in [5, 5.41) is 12.7. The van der Waals surface area contributed by atoms with Crippen molar-refractivity contribution in [2.24, 2.45) is 0 Å². The summed E-state index contributed by atoms with van der Waals surface area (Å²) in [6.07, 6.45) is 0. The number of halogens is 1. The molecule has 0 aliphatic heterocycles. The normalized spacial score (nSPS) is 10.2. The zero-order valence-electron chi connectivity index (χ0n) is 11.6. The first-order valence-electron chi connectivity index (χ1n) is 6.72. The average molecular weight is 326 g/mol. The van der Waals surface area contributed by atoms with Gasteiger partial charge in [0.2, 0.25) is 0 Å². The van der Waals surface area contributed by atoms with Crippen molar-refractivity contribution in [1.82, 2.24) is 0 Å². The zero-order valence-corrected chi connectivity index (χ0v) is 13.2. The van der Waals surface area contributed by atoms with Gasteiger partial charge in [-0.2, -0.15) is 5.26 Å². The van der Waals surface area contributed by atoms with E-state index >= 15 is 0 Å². The van der Waals surface area contributed by atoms with Crippen LogP contribution in [0.1, 0.15) is 11.1 Å². The van der Waals surface area contributed by atoms with E-state index in [-0.39, 0.29) is 0 Å². The van der Waals surface area contributed by atoms with Crippen LogP contribution in [0.2, 0.25) is 5.02 Å². The van der Waals surface area contributed by atoms with Gasteiger partial charge in [-0.15, -0.1) is 11.3 Å². The highest BCUT2D eigenvalue weighted by atomic mass is 35.5. The topological polar surface area (TPSA) is 33.0 Å². The number of nitriles is 1. The molecular weight excluding hydrogens is 314 g/mol. The first-order valence-corrected chi connectivity index (χ1v) is 7.98. The Labute approximate surface area is 138 Å². The molecule has 4 heteroatoms. The minimum Gasteiger partial charge on any atom is -0.478 e. The lowest BCUT2D eigenvalue weighted by molar-refractivity contribution is 0.315. The van der Waals surface area contributed by atoms with E-state index in [1.54, 1.807) is 0 Å². The van der Waals surface area contributed by atoms with Crippen LogP contribution < -0.4 is 4.74 Å². The van der Waals surface area contributed by atoms with Gasteiger partial charge < -0.3 is 4.74 Å². The molecule has 0 saturated heterocycles. The predicted molar refractivity (Wildman–Crippen MR) is 90.3 cm³/mol. The van der Waals surface area contributed by atoms with Crippen molar-refractivity contribution in [2.75, 3.05) is 0 Å². The maximum atomic E-state index is 9.45. The highest BCUT2D eigenvalue weighted by Crippen LogP contribution is 2.37. The number of hydrogen-bond donors (Lipinski definition) is 0. The number of benzene rings is 2. The molecule has 2 nitrogen and oxygen atoms in total. The molecule has 0 N–H and O–H groups in total. The number of ether oxygens (including phenoxy) is 1. The highest BCUT2D eigenvalue weighted by Gasteiger charge is 2.14. The van der Waals surface area contributed by atoms with Gasteiger partial charge in [-0.25, -0.2) is 0 Å². The van der Waals surface area contributed by atoms with Crippen LogP contribution in [0.25, 0.3) is 11.1 Å². The van der Waals surface area contributed by atoms with E-state index in [1.165, 1.54) is 11.3 Å². The van der Waals surface area contributed by atoms with Crippen LogP contribution in [0.4, 0.5) is 0 Å². The van der Waals surface area contributed by atoms with E-state index in [1.807, 2.05) is 60.0 Å². The third-order valence-corrected chi connectivity index (χ3v) is 4.34. The van der Waals surface area contributed by atoms with E-state index in [4.69, 9.17) is 16.3 Å². The number of hydrogen-bond acceptors (Lipinski definition) is 3. The second-order valence-corrected chi connectivity index (χ2v) is 5.99. The molecule has 2 aromatic carbocycles. The second-order valence-electron chi connectivity index (χ2n) is 4.71. The Hall–Kier alpha value is -2.28. The number of nitrogens with zero attached hydrogens (tertiary/aromatic N) is 1. The Morgan fingerprint density at radius 2 is 1.91 bits per heavy atom. The molecule has 0 spiro atoms. The van der Waals surface area contributed by atoms with Crippen molar-refractivity contribution in [1.29, 1.82) is 5.26 Å². The molecule has 0 aliphatic carbocycles. The lowest BCUT2D eigenvalue weighted by Crippen LogP contribution is -1.95. The Bertz CT molecular complexity index is 821. The van der Waals surface area contributed by atoms with E-state index in [9.17, 15) is 5.26 Å². The SMILES string of the molecule is N#Cc1c(-c2ccccc2)csc1OCc1cccc(Cl)c1. The fourth-order valence-electron chi connectivity index (χ4n) is 2.16. The van der Waals surface area contributed by atoms with Crippen LogP contribution in [0.15, 0.2) is 60.0 Å². The first-order chi connectivity index (χ1) is 10.8. The lowest BCUT2D eigenvalue weighted by atomic mass is 10.1. The van der Waals surface area contributed by atoms with Crippen molar-refractivity contribution in [3.8, 4) is 22.3 Å². The van der Waals surface area contributed by atoms with Crippen LogP contribution >= 0.6 is 22.9 Å². The molecule has 3 rings (SSSR count). The van der Waals surface area contributed by atoms with Gasteiger partial charge in [0.15, 0.2) is 5.06 Å². The first kappa shape index (κ1) is 14.6. The fourth-order valence-corrected chi connectivity index (χ4v) is 3.25. The molecule has 22 heavy (non-hydrogen) atoms. The summed E-state index contributed by atoms with van der Waals surface area (Å²) >= 11 is 7.41. The van der Waals surface area contributed by atoms with Crippen molar-refractivity contribution in [3.05, 3.63) is 76.1 Å². The van der Waals surface area contributed by atoms with Gasteiger partial charge in [0.05, 0.1) is 0 Å². The van der Waals surface area contributed by atoms with Crippen molar-refractivity contribution >= 4 is 22.9 Å². The molecule has 0 aliphatic rings. The van der Waals surface area contributed by atoms with Crippen LogP contribution in [0.5, 0.6) is 5.06 Å². The van der Waals surface area contributed by atoms with Gasteiger partial charge >= 0.3 is 0 Å². The molecule has 0 amide bonds. The van der Waals surface area contributed by atoms with Crippen molar-refractivity contribution in [2.45, 2.75) is 6.61 Å². The average Bonchev–Trinajstić information content (AvgIpc) is 2.97. The van der Waals surface area contributed by atoms with Crippen molar-refractivity contribution in [3.63, 3.8) is 0 Å². The monoisotopic (exact) mass is 325 g/mol. The fraction of sp³-hybridized carbons (Fsp3) is 0.0556. The summed E-state index contributed by atoms with van der Waals surface area (Å²) in [6, 6.07) is 19.6. The summed E-state index contributed by atoms with van der Waals surface area (Å²) < 4.78 is 5.81. The summed E-state index contributed by atoms with van der Waals surface area (Å²) in [4.78, 5) is 0. The maximum Gasteiger partial charge on any atom is 0.192 e. The van der Waals surface area contributed by atoms with Gasteiger partial charge in [0.1, 0.15) is 18.2 Å². The Kier molecular flexibility index (Phi) is 4.43. The van der Waals surface area contributed by atoms with Crippen LogP contribution in [0, 0.1) is 11.3 Å². The molecule has 1 heterocycles. The maximum absolute atomic E-state index is 9.45. The molecule has 3 aromatic rings. The Morgan fingerprint density at radius 1 is 1.09 bits per heavy atom. The number of thiophene rings is 1. The van der Waals surface area contributed by atoms with Crippen LogP contribution in [-0.4, -0.2) is 0 Å². The van der Waals surface area contributed by atoms with E-state index in [0.29, 0.717) is 22.3 Å². The molecule has 0 radical (unpaired) electrons. The molecule has 0 fully saturated rings. The summed E-state index contributed by atoms with van der Waals surface area (Å²) in [5.74, 6) is 0. The van der Waals surface area contributed by atoms with Gasteiger partial charge in [-0.1, -0.05) is 54.1 Å². The quantitative estimate of drug-likeness (QED) is 0.632. The van der Waals surface area contributed by atoms with Crippen LogP contribution in [-0.2, 0) is 6.61 Å². The molecular formula is C18H12ClNOS. The highest BCUT2D eigenvalue weighted by molar-refractivity contribution is 7.12. The smallest absolute Gasteiger partial charge is 0.192 e. The molecule has 0 saturated carbocycles. The van der Waals surface area contributed by atoms with E-state index in [2.05, 4.69) is 6.07 Å². The minimum absolute atomic E-state index is 0.393. The van der Waals surface area contributed by atoms with Gasteiger partial charge in [0, 0.05) is 16.0 Å². The van der Waals surface area contributed by atoms with Crippen LogP contribution in [0.3, 0.4) is 0 Å². The number of rotatable bonds is 4. The third-order valence-electron chi connectivity index (χ3n) is 3.21.